The number of likely N-dealkylation sites (N-methyl/N-ethyl adjacent to an activating group) is 1. The maximum Gasteiger partial charge on any atom is 0.311 e. The third-order valence-corrected chi connectivity index (χ3v) is 13.2. The number of ether oxygens (including phenoxy) is 7. The Bertz CT molecular complexity index is 1260. The van der Waals surface area contributed by atoms with E-state index in [9.17, 15) is 25.2 Å². The van der Waals surface area contributed by atoms with Gasteiger partial charge in [-0.1, -0.05) is 34.3 Å². The first-order valence-electron chi connectivity index (χ1n) is 19.7. The molecule has 4 rings (SSSR count). The lowest BCUT2D eigenvalue weighted by Crippen LogP contribution is -3.00. The van der Waals surface area contributed by atoms with Crippen LogP contribution in [0.5, 0.6) is 0 Å². The van der Waals surface area contributed by atoms with Gasteiger partial charge in [0.2, 0.25) is 0 Å². The molecule has 4 N–H and O–H groups in total. The predicted octanol–water partition coefficient (Wildman–Crippen LogP) is 0.328. The molecule has 4 aliphatic heterocycles. The van der Waals surface area contributed by atoms with E-state index in [1.165, 1.54) is 14.0 Å². The number of methoxy groups -OCH3 is 1. The molecule has 13 nitrogen and oxygen atoms in total. The smallest absolute Gasteiger partial charge is 0.311 e. The first kappa shape index (κ1) is 47.6. The zero-order valence-electron chi connectivity index (χ0n) is 34.9. The first-order chi connectivity index (χ1) is 24.5. The number of rotatable bonds is 9. The van der Waals surface area contributed by atoms with E-state index in [2.05, 4.69) is 27.6 Å². The first-order valence-corrected chi connectivity index (χ1v) is 19.7. The van der Waals surface area contributed by atoms with Crippen LogP contribution in [0, 0.1) is 23.7 Å². The van der Waals surface area contributed by atoms with E-state index in [0.717, 1.165) is 0 Å². The molecule has 54 heavy (non-hydrogen) atoms. The molecule has 0 aromatic rings. The average Bonchev–Trinajstić information content (AvgIpc) is 3.40. The fourth-order valence-electron chi connectivity index (χ4n) is 9.85. The third kappa shape index (κ3) is 9.41. The Morgan fingerprint density at radius 1 is 0.963 bits per heavy atom. The number of fused-ring (bicyclic) bond motifs is 2. The monoisotopic (exact) mass is 837 g/mol. The normalized spacial score (nSPS) is 49.5. The third-order valence-electron chi connectivity index (χ3n) is 13.2. The molecule has 4 saturated heterocycles. The number of esters is 1. The largest absolute Gasteiger partial charge is 1.00 e. The maximum atomic E-state index is 14.2. The van der Waals surface area contributed by atoms with Crippen LogP contribution in [0.3, 0.4) is 0 Å². The van der Waals surface area contributed by atoms with Gasteiger partial charge in [-0.3, -0.25) is 4.79 Å². The van der Waals surface area contributed by atoms with Crippen LogP contribution in [0.1, 0.15) is 94.9 Å². The van der Waals surface area contributed by atoms with Gasteiger partial charge in [0.15, 0.2) is 18.7 Å². The topological polar surface area (TPSA) is 163 Å². The molecule has 0 spiro atoms. The minimum Gasteiger partial charge on any atom is -1.00 e. The molecule has 2 bridgehead atoms. The van der Waals surface area contributed by atoms with Crippen molar-refractivity contribution in [2.45, 2.75) is 185 Å². The Morgan fingerprint density at radius 2 is 1.59 bits per heavy atom. The number of cyclic esters (lactones) is 1. The van der Waals surface area contributed by atoms with E-state index in [1.54, 1.807) is 27.7 Å². The van der Waals surface area contributed by atoms with Crippen LogP contribution in [0.2, 0.25) is 0 Å². The molecular weight excluding hydrogens is 766 g/mol. The molecule has 316 valence electrons. The zero-order chi connectivity index (χ0) is 40.0. The van der Waals surface area contributed by atoms with Crippen molar-refractivity contribution in [2.24, 2.45) is 23.7 Å². The molecule has 0 aromatic heterocycles. The molecule has 13 unspecified atom stereocenters. The lowest BCUT2D eigenvalue weighted by molar-refractivity contribution is -0.916. The summed E-state index contributed by atoms with van der Waals surface area (Å²) in [6.45, 7) is 22.9. The Balaban J connectivity index is 0.00000784. The van der Waals surface area contributed by atoms with E-state index in [0.29, 0.717) is 23.9 Å². The van der Waals surface area contributed by atoms with Crippen LogP contribution in [0.25, 0.3) is 0 Å². The van der Waals surface area contributed by atoms with Crippen molar-refractivity contribution < 1.29 is 79.8 Å². The van der Waals surface area contributed by atoms with E-state index in [1.807, 2.05) is 33.8 Å². The van der Waals surface area contributed by atoms with Gasteiger partial charge in [0.25, 0.3) is 0 Å². The standard InChI is InChI=1S/C40H72NO12.BrH/c1-15-17-41(12,13)27-18-22(4)48-37(30(27)42)52-35-24(6)32(51-29-20-38(9,47-14)34(44)26(8)49-29)25(7)36(45)50-28(16-2)40(11,46)33(43)23(5)31-21(3)19-39(35,10)53-31;/h15,21-35,37,42-44,46H,1,16-20H2,2-14H3;1H/q+1;/p-1/t21-,22?,23+,24?,25?,26?,27?,28?,29?,30?,31?,32?,33-,34?,35-,37?,38?,39+,40-;/m1./s1. The van der Waals surface area contributed by atoms with Gasteiger partial charge < -0.3 is 75.0 Å². The number of hydrogen-bond donors (Lipinski definition) is 4. The van der Waals surface area contributed by atoms with Crippen LogP contribution in [0.15, 0.2) is 12.7 Å². The highest BCUT2D eigenvalue weighted by Gasteiger charge is 2.58. The van der Waals surface area contributed by atoms with Gasteiger partial charge in [0.1, 0.15) is 23.9 Å². The van der Waals surface area contributed by atoms with Gasteiger partial charge in [0.05, 0.1) is 74.4 Å². The molecule has 14 heteroatoms. The van der Waals surface area contributed by atoms with Crippen molar-refractivity contribution >= 4 is 5.97 Å². The lowest BCUT2D eigenvalue weighted by Gasteiger charge is -2.49. The number of aliphatic hydroxyl groups is 4. The summed E-state index contributed by atoms with van der Waals surface area (Å²) < 4.78 is 45.7. The van der Waals surface area contributed by atoms with Gasteiger partial charge in [-0.15, -0.1) is 0 Å². The average molecular weight is 839 g/mol. The summed E-state index contributed by atoms with van der Waals surface area (Å²) >= 11 is 0. The Morgan fingerprint density at radius 3 is 2.17 bits per heavy atom. The van der Waals surface area contributed by atoms with E-state index >= 15 is 0 Å². The molecule has 4 heterocycles. The minimum absolute atomic E-state index is 0. The highest BCUT2D eigenvalue weighted by Crippen LogP contribution is 2.48. The molecule has 0 aliphatic carbocycles. The van der Waals surface area contributed by atoms with Gasteiger partial charge in [-0.2, -0.15) is 0 Å². The fourth-order valence-corrected chi connectivity index (χ4v) is 9.85. The number of carbonyl (C=O) groups excluding carboxylic acids is 1. The number of quaternary nitrogens is 1. The van der Waals surface area contributed by atoms with E-state index in [-0.39, 0.29) is 47.9 Å². The second kappa shape index (κ2) is 18.0. The number of halogens is 1. The summed E-state index contributed by atoms with van der Waals surface area (Å²) in [5, 5.41) is 46.5. The number of nitrogens with zero attached hydrogens (tertiary/aromatic N) is 1. The SMILES string of the molecule is C=CC[N+](C)(C)C1CC(C)OC(O[C@@H]2C(C)C(OC3CC(C)(OC)C(O)C(C)O3)C(C)C(=O)OC(CC)[C@@](C)(O)[C@H](O)[C@@H](C)C3O[C@@]2(C)C[C@H]3C)C1O.[Br-]. The number of hydrogen-bond acceptors (Lipinski definition) is 12. The summed E-state index contributed by atoms with van der Waals surface area (Å²) in [4.78, 5) is 14.2. The Kier molecular flexibility index (Phi) is 15.9. The van der Waals surface area contributed by atoms with Crippen LogP contribution < -0.4 is 17.0 Å². The predicted molar refractivity (Wildman–Crippen MR) is 197 cm³/mol. The summed E-state index contributed by atoms with van der Waals surface area (Å²) in [6, 6.07) is -0.226. The highest BCUT2D eigenvalue weighted by molar-refractivity contribution is 5.73. The Labute approximate surface area is 334 Å². The minimum atomic E-state index is -1.79. The van der Waals surface area contributed by atoms with E-state index < -0.39 is 102 Å². The van der Waals surface area contributed by atoms with Gasteiger partial charge >= 0.3 is 5.97 Å². The van der Waals surface area contributed by atoms with Gasteiger partial charge in [-0.05, 0) is 66.4 Å². The maximum absolute atomic E-state index is 14.2. The van der Waals surface area contributed by atoms with Crippen LogP contribution >= 0.6 is 0 Å². The van der Waals surface area contributed by atoms with Crippen LogP contribution in [-0.4, -0.2) is 149 Å². The van der Waals surface area contributed by atoms with Gasteiger partial charge in [0, 0.05) is 31.8 Å². The number of carbonyl (C=O) groups is 1. The number of aliphatic hydroxyl groups excluding tert-OH is 3. The van der Waals surface area contributed by atoms with Crippen LogP contribution in [0.4, 0.5) is 0 Å². The molecular formula is C40H72BrNO12. The van der Waals surface area contributed by atoms with Crippen LogP contribution in [-0.2, 0) is 38.0 Å². The van der Waals surface area contributed by atoms with Crippen molar-refractivity contribution in [2.75, 3.05) is 27.7 Å². The molecule has 0 amide bonds. The van der Waals surface area contributed by atoms with Crippen molar-refractivity contribution in [3.05, 3.63) is 12.7 Å². The zero-order valence-corrected chi connectivity index (χ0v) is 36.5. The van der Waals surface area contributed by atoms with Crippen molar-refractivity contribution in [1.82, 2.24) is 0 Å². The summed E-state index contributed by atoms with van der Waals surface area (Å²) in [6.07, 6.45) is -5.88. The van der Waals surface area contributed by atoms with Crippen molar-refractivity contribution in [3.8, 4) is 0 Å². The molecule has 0 radical (unpaired) electrons. The lowest BCUT2D eigenvalue weighted by atomic mass is 9.76. The van der Waals surface area contributed by atoms with E-state index in [4.69, 9.17) is 33.2 Å². The second-order valence-electron chi connectivity index (χ2n) is 18.0. The quantitative estimate of drug-likeness (QED) is 0.143. The fraction of sp³-hybridized carbons (Fsp3) is 0.925. The summed E-state index contributed by atoms with van der Waals surface area (Å²) in [7, 11) is 5.64. The molecule has 0 aromatic carbocycles. The highest BCUT2D eigenvalue weighted by atomic mass is 79.9. The molecule has 19 atom stereocenters. The van der Waals surface area contributed by atoms with Crippen molar-refractivity contribution in [3.63, 3.8) is 0 Å². The molecule has 4 fully saturated rings. The van der Waals surface area contributed by atoms with Gasteiger partial charge in [-0.25, -0.2) is 0 Å². The Hall–Kier alpha value is -0.750. The molecule has 4 aliphatic rings. The molecule has 0 saturated carbocycles. The second-order valence-corrected chi connectivity index (χ2v) is 18.0. The van der Waals surface area contributed by atoms with Crippen molar-refractivity contribution in [1.29, 1.82) is 0 Å². The summed E-state index contributed by atoms with van der Waals surface area (Å²) in [5.41, 5.74) is -3.80. The summed E-state index contributed by atoms with van der Waals surface area (Å²) in [5.74, 6) is -2.78.